The topological polar surface area (TPSA) is 47.8 Å². The van der Waals surface area contributed by atoms with Gasteiger partial charge in [0.05, 0.1) is 16.1 Å². The molecule has 4 aromatic rings. The Balaban J connectivity index is 1.91. The molecule has 0 saturated carbocycles. The van der Waals surface area contributed by atoms with Crippen LogP contribution in [0.3, 0.4) is 0 Å². The molecule has 0 bridgehead atoms. The molecule has 29 heavy (non-hydrogen) atoms. The molecule has 0 saturated heterocycles. The first-order valence-electron chi connectivity index (χ1n) is 8.65. The fourth-order valence-electron chi connectivity index (χ4n) is 2.89. The second-order valence-electron chi connectivity index (χ2n) is 6.18. The van der Waals surface area contributed by atoms with Crippen molar-refractivity contribution in [2.24, 2.45) is 0 Å². The van der Waals surface area contributed by atoms with Gasteiger partial charge in [0.25, 0.3) is 5.56 Å². The zero-order valence-electron chi connectivity index (χ0n) is 15.0. The highest BCUT2D eigenvalue weighted by Crippen LogP contribution is 2.18. The summed E-state index contributed by atoms with van der Waals surface area (Å²) in [6.45, 7) is 0. The normalized spacial score (nSPS) is 11.1. The number of halogens is 2. The van der Waals surface area contributed by atoms with Gasteiger partial charge in [-0.1, -0.05) is 29.7 Å². The predicted molar refractivity (Wildman–Crippen MR) is 113 cm³/mol. The van der Waals surface area contributed by atoms with E-state index < -0.39 is 5.82 Å². The van der Waals surface area contributed by atoms with Gasteiger partial charge in [-0.3, -0.25) is 9.36 Å². The maximum atomic E-state index is 13.7. The molecule has 0 atom stereocenters. The molecule has 4 rings (SSSR count). The van der Waals surface area contributed by atoms with E-state index in [0.717, 1.165) is 0 Å². The maximum absolute atomic E-state index is 13.7. The minimum absolute atomic E-state index is 0.0423. The van der Waals surface area contributed by atoms with Crippen molar-refractivity contribution in [3.05, 3.63) is 98.9 Å². The Hall–Kier alpha value is -3.75. The van der Waals surface area contributed by atoms with E-state index in [4.69, 9.17) is 18.0 Å². The third kappa shape index (κ3) is 3.66. The van der Waals surface area contributed by atoms with E-state index in [9.17, 15) is 9.18 Å². The van der Waals surface area contributed by atoms with Crippen molar-refractivity contribution in [1.82, 2.24) is 14.5 Å². The van der Waals surface area contributed by atoms with Crippen LogP contribution in [0.4, 0.5) is 4.39 Å². The molecule has 0 aliphatic heterocycles. The lowest BCUT2D eigenvalue weighted by Crippen LogP contribution is -2.22. The van der Waals surface area contributed by atoms with E-state index in [0.29, 0.717) is 33.7 Å². The summed E-state index contributed by atoms with van der Waals surface area (Å²) >= 11 is 5.73. The summed E-state index contributed by atoms with van der Waals surface area (Å²) in [5, 5.41) is 0.434. The van der Waals surface area contributed by atoms with Crippen LogP contribution < -0.4 is 5.56 Å². The van der Waals surface area contributed by atoms with E-state index in [2.05, 4.69) is 15.9 Å². The molecule has 0 aliphatic carbocycles. The van der Waals surface area contributed by atoms with Gasteiger partial charge in [0.2, 0.25) is 0 Å². The average molecular weight is 402 g/mol. The first-order chi connectivity index (χ1) is 14.1. The zero-order valence-corrected chi connectivity index (χ0v) is 15.8. The van der Waals surface area contributed by atoms with Crippen LogP contribution >= 0.6 is 11.6 Å². The molecule has 0 N–H and O–H groups in total. The molecule has 0 spiro atoms. The third-order valence-electron chi connectivity index (χ3n) is 4.33. The number of terminal acetylenes is 1. The Morgan fingerprint density at radius 3 is 2.62 bits per heavy atom. The Bertz CT molecular complexity index is 1350. The SMILES string of the molecule is C#Cc1ccc(-n2c(/C=C/c3ccc(Cl)c(F)c3)nc3ncccc3c2=O)cc1. The Morgan fingerprint density at radius 1 is 1.10 bits per heavy atom. The highest BCUT2D eigenvalue weighted by atomic mass is 35.5. The molecule has 4 nitrogen and oxygen atoms in total. The van der Waals surface area contributed by atoms with Crippen LogP contribution in [0.5, 0.6) is 0 Å². The Kier molecular flexibility index (Phi) is 4.94. The molecule has 2 heterocycles. The van der Waals surface area contributed by atoms with Crippen LogP contribution in [0.2, 0.25) is 5.02 Å². The number of hydrogen-bond donors (Lipinski definition) is 0. The van der Waals surface area contributed by atoms with Gasteiger partial charge in [-0.15, -0.1) is 6.42 Å². The Morgan fingerprint density at radius 2 is 1.90 bits per heavy atom. The number of pyridine rings is 1. The molecule has 6 heteroatoms. The summed E-state index contributed by atoms with van der Waals surface area (Å²) < 4.78 is 15.2. The van der Waals surface area contributed by atoms with Crippen molar-refractivity contribution in [3.8, 4) is 18.0 Å². The minimum atomic E-state index is -0.524. The molecule has 2 aromatic heterocycles. The molecule has 0 radical (unpaired) electrons. The molecule has 0 aliphatic rings. The number of benzene rings is 2. The monoisotopic (exact) mass is 401 g/mol. The molecule has 0 amide bonds. The van der Waals surface area contributed by atoms with Crippen LogP contribution in [0.25, 0.3) is 28.9 Å². The summed E-state index contributed by atoms with van der Waals surface area (Å²) in [6, 6.07) is 14.8. The fraction of sp³-hybridized carbons (Fsp3) is 0. The summed E-state index contributed by atoms with van der Waals surface area (Å²) in [5.74, 6) is 2.38. The van der Waals surface area contributed by atoms with Crippen molar-refractivity contribution in [2.45, 2.75) is 0 Å². The van der Waals surface area contributed by atoms with Crippen molar-refractivity contribution in [2.75, 3.05) is 0 Å². The largest absolute Gasteiger partial charge is 0.268 e. The summed E-state index contributed by atoms with van der Waals surface area (Å²) in [6.07, 6.45) is 10.3. The van der Waals surface area contributed by atoms with E-state index in [1.807, 2.05) is 0 Å². The lowest BCUT2D eigenvalue weighted by atomic mass is 10.2. The van der Waals surface area contributed by atoms with Gasteiger partial charge in [-0.05, 0) is 60.2 Å². The lowest BCUT2D eigenvalue weighted by molar-refractivity contribution is 0.628. The van der Waals surface area contributed by atoms with E-state index in [1.165, 1.54) is 16.7 Å². The van der Waals surface area contributed by atoms with Gasteiger partial charge in [0, 0.05) is 11.8 Å². The number of nitrogens with zero attached hydrogens (tertiary/aromatic N) is 3. The highest BCUT2D eigenvalue weighted by molar-refractivity contribution is 6.30. The first-order valence-corrected chi connectivity index (χ1v) is 9.02. The van der Waals surface area contributed by atoms with Crippen molar-refractivity contribution >= 4 is 34.8 Å². The molecule has 2 aromatic carbocycles. The second kappa shape index (κ2) is 7.70. The highest BCUT2D eigenvalue weighted by Gasteiger charge is 2.12. The summed E-state index contributed by atoms with van der Waals surface area (Å²) in [5.41, 5.74) is 1.95. The number of fused-ring (bicyclic) bond motifs is 1. The first kappa shape index (κ1) is 18.6. The lowest BCUT2D eigenvalue weighted by Gasteiger charge is -2.11. The van der Waals surface area contributed by atoms with Crippen LogP contribution in [-0.4, -0.2) is 14.5 Å². The van der Waals surface area contributed by atoms with E-state index in [1.54, 1.807) is 60.8 Å². The number of rotatable bonds is 3. The maximum Gasteiger partial charge on any atom is 0.267 e. The minimum Gasteiger partial charge on any atom is -0.268 e. The average Bonchev–Trinajstić information content (AvgIpc) is 2.75. The molecule has 140 valence electrons. The van der Waals surface area contributed by atoms with Gasteiger partial charge in [-0.25, -0.2) is 14.4 Å². The molecule has 0 unspecified atom stereocenters. The summed E-state index contributed by atoms with van der Waals surface area (Å²) in [4.78, 5) is 21.8. The second-order valence-corrected chi connectivity index (χ2v) is 6.59. The van der Waals surface area contributed by atoms with Gasteiger partial charge in [0.1, 0.15) is 11.6 Å². The van der Waals surface area contributed by atoms with Gasteiger partial charge in [0.15, 0.2) is 5.65 Å². The van der Waals surface area contributed by atoms with Crippen LogP contribution in [0.1, 0.15) is 17.0 Å². The Labute approximate surface area is 170 Å². The van der Waals surface area contributed by atoms with Crippen LogP contribution in [-0.2, 0) is 0 Å². The quantitative estimate of drug-likeness (QED) is 0.466. The predicted octanol–water partition coefficient (Wildman–Crippen LogP) is 4.72. The number of hydrogen-bond acceptors (Lipinski definition) is 3. The van der Waals surface area contributed by atoms with Crippen LogP contribution in [0, 0.1) is 18.2 Å². The summed E-state index contributed by atoms with van der Waals surface area (Å²) in [7, 11) is 0. The van der Waals surface area contributed by atoms with Crippen molar-refractivity contribution < 1.29 is 4.39 Å². The molecular formula is C23H13ClFN3O. The molecular weight excluding hydrogens is 389 g/mol. The smallest absolute Gasteiger partial charge is 0.267 e. The van der Waals surface area contributed by atoms with E-state index in [-0.39, 0.29) is 10.6 Å². The van der Waals surface area contributed by atoms with Crippen LogP contribution in [0.15, 0.2) is 65.6 Å². The van der Waals surface area contributed by atoms with Crippen molar-refractivity contribution in [1.29, 1.82) is 0 Å². The third-order valence-corrected chi connectivity index (χ3v) is 4.64. The number of aromatic nitrogens is 3. The van der Waals surface area contributed by atoms with Gasteiger partial charge in [-0.2, -0.15) is 0 Å². The van der Waals surface area contributed by atoms with Crippen molar-refractivity contribution in [3.63, 3.8) is 0 Å². The van der Waals surface area contributed by atoms with Gasteiger partial charge < -0.3 is 0 Å². The van der Waals surface area contributed by atoms with Gasteiger partial charge >= 0.3 is 0 Å². The standard InChI is InChI=1S/C23H13ClFN3O/c1-2-15-5-9-17(10-6-15)28-21(12-8-16-7-11-19(24)20(25)14-16)27-22-18(23(28)29)4-3-13-26-22/h1,3-14H/b12-8+. The fourth-order valence-corrected chi connectivity index (χ4v) is 3.01. The van der Waals surface area contributed by atoms with E-state index >= 15 is 0 Å². The molecule has 0 fully saturated rings. The zero-order chi connectivity index (χ0) is 20.4.